The molecule has 1 unspecified atom stereocenters. The van der Waals surface area contributed by atoms with Gasteiger partial charge in [-0.05, 0) is 97.2 Å². The van der Waals surface area contributed by atoms with E-state index in [2.05, 4.69) is 44.1 Å². The number of hydrogen-bond acceptors (Lipinski definition) is 4. The molecule has 0 spiro atoms. The average Bonchev–Trinajstić information content (AvgIpc) is 3.54. The van der Waals surface area contributed by atoms with E-state index in [0.717, 1.165) is 48.7 Å². The molecule has 31 heavy (non-hydrogen) atoms. The second-order valence-electron chi connectivity index (χ2n) is 8.73. The zero-order chi connectivity index (χ0) is 21.5. The van der Waals surface area contributed by atoms with Gasteiger partial charge in [0.2, 0.25) is 4.73 Å². The van der Waals surface area contributed by atoms with E-state index >= 15 is 0 Å². The highest BCUT2D eigenvalue weighted by Crippen LogP contribution is 2.45. The lowest BCUT2D eigenvalue weighted by Gasteiger charge is -2.36. The Kier molecular flexibility index (Phi) is 6.17. The highest BCUT2D eigenvalue weighted by Gasteiger charge is 2.29. The van der Waals surface area contributed by atoms with Gasteiger partial charge in [-0.15, -0.1) is 10.2 Å². The molecule has 5 rings (SSSR count). The predicted molar refractivity (Wildman–Crippen MR) is 127 cm³/mol. The molecule has 1 saturated carbocycles. The predicted octanol–water partition coefficient (Wildman–Crippen LogP) is 6.53. The summed E-state index contributed by atoms with van der Waals surface area (Å²) < 4.78 is 9.08. The van der Waals surface area contributed by atoms with Crippen LogP contribution in [0.4, 0.5) is 0 Å². The van der Waals surface area contributed by atoms with E-state index in [1.54, 1.807) is 6.07 Å². The van der Waals surface area contributed by atoms with E-state index < -0.39 is 0 Å². The van der Waals surface area contributed by atoms with E-state index in [4.69, 9.17) is 27.9 Å². The topological polar surface area (TPSA) is 42.7 Å². The van der Waals surface area contributed by atoms with Crippen LogP contribution in [-0.4, -0.2) is 39.2 Å². The molecule has 1 atom stereocenters. The fraction of sp³-hybridized carbons (Fsp3) is 0.478. The van der Waals surface area contributed by atoms with Crippen LogP contribution in [0.2, 0.25) is 10.0 Å². The van der Waals surface area contributed by atoms with Crippen molar-refractivity contribution in [3.8, 4) is 5.75 Å². The van der Waals surface area contributed by atoms with Gasteiger partial charge in [-0.3, -0.25) is 9.30 Å². The van der Waals surface area contributed by atoms with Crippen LogP contribution in [0.5, 0.6) is 5.75 Å². The van der Waals surface area contributed by atoms with Crippen molar-refractivity contribution in [3.63, 3.8) is 0 Å². The van der Waals surface area contributed by atoms with Gasteiger partial charge in [-0.25, -0.2) is 0 Å². The van der Waals surface area contributed by atoms with E-state index in [1.165, 1.54) is 24.0 Å². The van der Waals surface area contributed by atoms with Crippen molar-refractivity contribution in [1.82, 2.24) is 19.5 Å². The molecule has 8 heteroatoms. The van der Waals surface area contributed by atoms with Gasteiger partial charge in [-0.1, -0.05) is 23.2 Å². The van der Waals surface area contributed by atoms with Gasteiger partial charge in [0, 0.05) is 33.9 Å². The number of aromatic nitrogens is 3. The molecular weight excluding hydrogens is 499 g/mol. The molecule has 0 radical (unpaired) electrons. The first kappa shape index (κ1) is 21.5. The Morgan fingerprint density at radius 1 is 1.06 bits per heavy atom. The molecule has 2 fully saturated rings. The molecule has 0 amide bonds. The number of piperidine rings is 1. The molecule has 2 aromatic heterocycles. The lowest BCUT2D eigenvalue weighted by atomic mass is 9.95. The summed E-state index contributed by atoms with van der Waals surface area (Å²) in [7, 11) is 0. The van der Waals surface area contributed by atoms with Crippen molar-refractivity contribution in [1.29, 1.82) is 0 Å². The number of benzene rings is 1. The first-order chi connectivity index (χ1) is 15.0. The number of hydrogen-bond donors (Lipinski definition) is 0. The van der Waals surface area contributed by atoms with Gasteiger partial charge in [0.1, 0.15) is 5.75 Å². The number of halogens is 3. The molecule has 1 aliphatic carbocycles. The number of likely N-dealkylation sites (tertiary alicyclic amines) is 1. The van der Waals surface area contributed by atoms with Crippen molar-refractivity contribution in [2.45, 2.75) is 44.6 Å². The van der Waals surface area contributed by atoms with Crippen molar-refractivity contribution in [2.75, 3.05) is 19.7 Å². The minimum atomic E-state index is 0.299. The second kappa shape index (κ2) is 8.89. The summed E-state index contributed by atoms with van der Waals surface area (Å²) in [5.74, 6) is 2.12. The van der Waals surface area contributed by atoms with E-state index in [9.17, 15) is 0 Å². The van der Waals surface area contributed by atoms with Crippen LogP contribution in [0, 0.1) is 5.92 Å². The molecule has 3 aromatic rings. The summed E-state index contributed by atoms with van der Waals surface area (Å²) in [5, 5.41) is 9.74. The maximum Gasteiger partial charge on any atom is 0.204 e. The van der Waals surface area contributed by atoms with Crippen molar-refractivity contribution < 1.29 is 4.74 Å². The zero-order valence-corrected chi connectivity index (χ0v) is 20.5. The van der Waals surface area contributed by atoms with E-state index in [-0.39, 0.29) is 0 Å². The lowest BCUT2D eigenvalue weighted by Crippen LogP contribution is -2.37. The number of pyridine rings is 1. The first-order valence-electron chi connectivity index (χ1n) is 10.8. The van der Waals surface area contributed by atoms with Gasteiger partial charge >= 0.3 is 0 Å². The van der Waals surface area contributed by atoms with Crippen LogP contribution < -0.4 is 4.74 Å². The molecule has 1 aromatic carbocycles. The van der Waals surface area contributed by atoms with Crippen molar-refractivity contribution in [3.05, 3.63) is 56.4 Å². The fourth-order valence-electron chi connectivity index (χ4n) is 4.47. The third kappa shape index (κ3) is 4.72. The monoisotopic (exact) mass is 522 g/mol. The van der Waals surface area contributed by atoms with Crippen LogP contribution in [0.3, 0.4) is 0 Å². The Morgan fingerprint density at radius 2 is 1.77 bits per heavy atom. The standard InChI is InChI=1S/C23H25BrCl2N4O/c1-14(17-8-18(25)10-19(26)9-17)29-6-4-15(5-7-29)13-31-21-11-22-27-28-23(24)30(22)12-20(21)16-2-3-16/h8-12,14-16H,2-7,13H2,1H3. The number of ether oxygens (including phenoxy) is 1. The number of rotatable bonds is 6. The van der Waals surface area contributed by atoms with Crippen LogP contribution >= 0.6 is 39.1 Å². The van der Waals surface area contributed by atoms with E-state index in [1.807, 2.05) is 22.6 Å². The van der Waals surface area contributed by atoms with Gasteiger partial charge in [0.05, 0.1) is 6.61 Å². The Bertz CT molecular complexity index is 1070. The van der Waals surface area contributed by atoms with Gasteiger partial charge in [-0.2, -0.15) is 0 Å². The van der Waals surface area contributed by atoms with Crippen molar-refractivity contribution >= 4 is 44.8 Å². The van der Waals surface area contributed by atoms with Crippen LogP contribution in [0.1, 0.15) is 55.7 Å². The summed E-state index contributed by atoms with van der Waals surface area (Å²) >= 11 is 15.9. The largest absolute Gasteiger partial charge is 0.493 e. The Balaban J connectivity index is 1.21. The Hall–Kier alpha value is -1.34. The molecule has 0 N–H and O–H groups in total. The third-order valence-corrected chi connectivity index (χ3v) is 7.53. The van der Waals surface area contributed by atoms with Gasteiger partial charge in [0.15, 0.2) is 5.65 Å². The summed E-state index contributed by atoms with van der Waals surface area (Å²) in [6, 6.07) is 8.16. The molecule has 3 heterocycles. The summed E-state index contributed by atoms with van der Waals surface area (Å²) in [5.41, 5.74) is 3.26. The summed E-state index contributed by atoms with van der Waals surface area (Å²) in [4.78, 5) is 2.51. The maximum absolute atomic E-state index is 6.36. The molecule has 164 valence electrons. The van der Waals surface area contributed by atoms with E-state index in [0.29, 0.717) is 27.9 Å². The quantitative estimate of drug-likeness (QED) is 0.368. The first-order valence-corrected chi connectivity index (χ1v) is 12.4. The maximum atomic E-state index is 6.36. The summed E-state index contributed by atoms with van der Waals surface area (Å²) in [6.45, 7) is 5.07. The molecular formula is C23H25BrCl2N4O. The smallest absolute Gasteiger partial charge is 0.204 e. The molecule has 0 bridgehead atoms. The molecule has 1 aliphatic heterocycles. The fourth-order valence-corrected chi connectivity index (χ4v) is 5.38. The molecule has 2 aliphatic rings. The number of fused-ring (bicyclic) bond motifs is 1. The van der Waals surface area contributed by atoms with Crippen LogP contribution in [0.25, 0.3) is 5.65 Å². The second-order valence-corrected chi connectivity index (χ2v) is 10.3. The highest BCUT2D eigenvalue weighted by molar-refractivity contribution is 9.10. The molecule has 1 saturated heterocycles. The SMILES string of the molecule is CC(c1cc(Cl)cc(Cl)c1)N1CCC(COc2cc3nnc(Br)n3cc2C2CC2)CC1. The van der Waals surface area contributed by atoms with Gasteiger partial charge in [0.25, 0.3) is 0 Å². The minimum Gasteiger partial charge on any atom is -0.493 e. The van der Waals surface area contributed by atoms with Crippen molar-refractivity contribution in [2.24, 2.45) is 5.92 Å². The Labute approximate surface area is 200 Å². The minimum absolute atomic E-state index is 0.299. The highest BCUT2D eigenvalue weighted by atomic mass is 79.9. The number of nitrogens with zero attached hydrogens (tertiary/aromatic N) is 4. The van der Waals surface area contributed by atoms with Crippen LogP contribution in [-0.2, 0) is 0 Å². The zero-order valence-electron chi connectivity index (χ0n) is 17.4. The van der Waals surface area contributed by atoms with Crippen LogP contribution in [0.15, 0.2) is 35.2 Å². The third-order valence-electron chi connectivity index (χ3n) is 6.55. The van der Waals surface area contributed by atoms with Gasteiger partial charge < -0.3 is 4.74 Å². The normalized spacial score (nSPS) is 19.1. The molecule has 5 nitrogen and oxygen atoms in total. The lowest BCUT2D eigenvalue weighted by molar-refractivity contribution is 0.113. The summed E-state index contributed by atoms with van der Waals surface area (Å²) in [6.07, 6.45) is 6.83. The average molecular weight is 524 g/mol. The Morgan fingerprint density at radius 3 is 2.45 bits per heavy atom.